The summed E-state index contributed by atoms with van der Waals surface area (Å²) in [6.45, 7) is 3.86. The van der Waals surface area contributed by atoms with Gasteiger partial charge in [-0.05, 0) is 37.0 Å². The van der Waals surface area contributed by atoms with E-state index in [9.17, 15) is 4.79 Å². The lowest BCUT2D eigenvalue weighted by molar-refractivity contribution is 0.0698. The average Bonchev–Trinajstić information content (AvgIpc) is 2.29. The Morgan fingerprint density at radius 3 is 2.65 bits per heavy atom. The lowest BCUT2D eigenvalue weighted by atomic mass is 9.98. The minimum Gasteiger partial charge on any atom is -0.398 e. The van der Waals surface area contributed by atoms with Gasteiger partial charge in [-0.2, -0.15) is 0 Å². The number of hydrogen-bond acceptors (Lipinski definition) is 2. The van der Waals surface area contributed by atoms with Crippen LogP contribution in [0.3, 0.4) is 0 Å². The molecular weight excluding hydrogens is 236 g/mol. The van der Waals surface area contributed by atoms with Gasteiger partial charge in [0.15, 0.2) is 0 Å². The molecule has 92 valence electrons. The van der Waals surface area contributed by atoms with Gasteiger partial charge in [-0.15, -0.1) is 0 Å². The zero-order valence-electron chi connectivity index (χ0n) is 9.95. The second-order valence-corrected chi connectivity index (χ2v) is 5.14. The van der Waals surface area contributed by atoms with E-state index >= 15 is 0 Å². The zero-order chi connectivity index (χ0) is 12.4. The van der Waals surface area contributed by atoms with Crippen LogP contribution in [0.15, 0.2) is 18.2 Å². The van der Waals surface area contributed by atoms with Gasteiger partial charge in [0.05, 0.1) is 5.56 Å². The number of nitrogen functional groups attached to an aromatic ring is 1. The number of carbonyl (C=O) groups excluding carboxylic acids is 1. The first-order valence-electron chi connectivity index (χ1n) is 5.92. The van der Waals surface area contributed by atoms with E-state index < -0.39 is 0 Å². The number of rotatable bonds is 1. The van der Waals surface area contributed by atoms with Gasteiger partial charge in [-0.3, -0.25) is 4.79 Å². The third-order valence-corrected chi connectivity index (χ3v) is 3.55. The molecule has 1 saturated heterocycles. The Kier molecular flexibility index (Phi) is 3.57. The van der Waals surface area contributed by atoms with Crippen LogP contribution in [-0.2, 0) is 0 Å². The van der Waals surface area contributed by atoms with E-state index in [4.69, 9.17) is 17.3 Å². The van der Waals surface area contributed by atoms with Crippen LogP contribution in [0.4, 0.5) is 5.69 Å². The highest BCUT2D eigenvalue weighted by Crippen LogP contribution is 2.22. The number of benzene rings is 1. The van der Waals surface area contributed by atoms with Crippen LogP contribution in [0.1, 0.15) is 30.1 Å². The fourth-order valence-electron chi connectivity index (χ4n) is 2.11. The van der Waals surface area contributed by atoms with Crippen molar-refractivity contribution in [2.75, 3.05) is 18.8 Å². The number of carbonyl (C=O) groups is 1. The van der Waals surface area contributed by atoms with Crippen molar-refractivity contribution in [3.05, 3.63) is 28.8 Å². The van der Waals surface area contributed by atoms with Crippen molar-refractivity contribution < 1.29 is 4.79 Å². The molecule has 0 radical (unpaired) electrons. The second kappa shape index (κ2) is 4.96. The third-order valence-electron chi connectivity index (χ3n) is 3.31. The molecule has 1 aromatic rings. The molecular formula is C13H17ClN2O. The van der Waals surface area contributed by atoms with Crippen LogP contribution in [-0.4, -0.2) is 23.9 Å². The number of nitrogens with two attached hydrogens (primary N) is 1. The molecule has 3 nitrogen and oxygen atoms in total. The predicted molar refractivity (Wildman–Crippen MR) is 70.2 cm³/mol. The monoisotopic (exact) mass is 252 g/mol. The Morgan fingerprint density at radius 1 is 1.41 bits per heavy atom. The maximum Gasteiger partial charge on any atom is 0.255 e. The minimum absolute atomic E-state index is 0.0195. The van der Waals surface area contributed by atoms with Gasteiger partial charge in [-0.1, -0.05) is 18.5 Å². The number of halogens is 1. The van der Waals surface area contributed by atoms with Crippen molar-refractivity contribution in [1.29, 1.82) is 0 Å². The molecule has 0 bridgehead atoms. The Balaban J connectivity index is 2.14. The van der Waals surface area contributed by atoms with E-state index in [1.165, 1.54) is 0 Å². The van der Waals surface area contributed by atoms with Crippen LogP contribution in [0.2, 0.25) is 5.02 Å². The van der Waals surface area contributed by atoms with Crippen molar-refractivity contribution in [1.82, 2.24) is 4.90 Å². The summed E-state index contributed by atoms with van der Waals surface area (Å²) in [6, 6.07) is 5.04. The molecule has 0 spiro atoms. The highest BCUT2D eigenvalue weighted by Gasteiger charge is 2.22. The largest absolute Gasteiger partial charge is 0.398 e. The SMILES string of the molecule is CC1CCN(C(=O)c2ccc(Cl)cc2N)CC1. The standard InChI is InChI=1S/C13H17ClN2O/c1-9-4-6-16(7-5-9)13(17)11-3-2-10(14)8-12(11)15/h2-3,8-9H,4-7,15H2,1H3. The molecule has 1 heterocycles. The lowest BCUT2D eigenvalue weighted by Crippen LogP contribution is -2.38. The van der Waals surface area contributed by atoms with Gasteiger partial charge >= 0.3 is 0 Å². The van der Waals surface area contributed by atoms with Crippen molar-refractivity contribution in [3.63, 3.8) is 0 Å². The minimum atomic E-state index is 0.0195. The fourth-order valence-corrected chi connectivity index (χ4v) is 2.29. The Hall–Kier alpha value is -1.22. The van der Waals surface area contributed by atoms with E-state index in [-0.39, 0.29) is 5.91 Å². The highest BCUT2D eigenvalue weighted by atomic mass is 35.5. The summed E-state index contributed by atoms with van der Waals surface area (Å²) >= 11 is 5.82. The molecule has 1 amide bonds. The summed E-state index contributed by atoms with van der Waals surface area (Å²) in [6.07, 6.45) is 2.14. The normalized spacial score (nSPS) is 17.2. The van der Waals surface area contributed by atoms with E-state index in [1.54, 1.807) is 18.2 Å². The molecule has 0 unspecified atom stereocenters. The first kappa shape index (κ1) is 12.2. The molecule has 0 saturated carbocycles. The van der Waals surface area contributed by atoms with Gasteiger partial charge in [0.25, 0.3) is 5.91 Å². The predicted octanol–water partition coefficient (Wildman–Crippen LogP) is 2.79. The summed E-state index contributed by atoms with van der Waals surface area (Å²) in [5.41, 5.74) is 6.84. The highest BCUT2D eigenvalue weighted by molar-refractivity contribution is 6.31. The molecule has 0 aliphatic carbocycles. The van der Waals surface area contributed by atoms with Crippen molar-refractivity contribution in [2.24, 2.45) is 5.92 Å². The van der Waals surface area contributed by atoms with Crippen LogP contribution in [0, 0.1) is 5.92 Å². The van der Waals surface area contributed by atoms with E-state index in [1.807, 2.05) is 4.90 Å². The summed E-state index contributed by atoms with van der Waals surface area (Å²) < 4.78 is 0. The maximum atomic E-state index is 12.2. The maximum absolute atomic E-state index is 12.2. The van der Waals surface area contributed by atoms with Crippen LogP contribution in [0.25, 0.3) is 0 Å². The topological polar surface area (TPSA) is 46.3 Å². The smallest absolute Gasteiger partial charge is 0.255 e. The zero-order valence-corrected chi connectivity index (χ0v) is 10.7. The molecule has 1 fully saturated rings. The lowest BCUT2D eigenvalue weighted by Gasteiger charge is -2.30. The number of likely N-dealkylation sites (tertiary alicyclic amines) is 1. The fraction of sp³-hybridized carbons (Fsp3) is 0.462. The summed E-state index contributed by atoms with van der Waals surface area (Å²) in [4.78, 5) is 14.1. The number of nitrogens with zero attached hydrogens (tertiary/aromatic N) is 1. The van der Waals surface area contributed by atoms with E-state index in [0.29, 0.717) is 22.2 Å². The van der Waals surface area contributed by atoms with Crippen LogP contribution in [0.5, 0.6) is 0 Å². The molecule has 1 aliphatic heterocycles. The van der Waals surface area contributed by atoms with Crippen molar-refractivity contribution in [2.45, 2.75) is 19.8 Å². The molecule has 1 aliphatic rings. The second-order valence-electron chi connectivity index (χ2n) is 4.71. The Labute approximate surface area is 107 Å². The molecule has 1 aromatic carbocycles. The third kappa shape index (κ3) is 2.72. The molecule has 2 N–H and O–H groups in total. The number of amides is 1. The van der Waals surface area contributed by atoms with Crippen molar-refractivity contribution in [3.8, 4) is 0 Å². The van der Waals surface area contributed by atoms with Crippen LogP contribution < -0.4 is 5.73 Å². The van der Waals surface area contributed by atoms with Crippen LogP contribution >= 0.6 is 11.6 Å². The van der Waals surface area contributed by atoms with Gasteiger partial charge in [0, 0.05) is 23.8 Å². The first-order valence-corrected chi connectivity index (χ1v) is 6.30. The Bertz CT molecular complexity index is 425. The molecule has 0 aromatic heterocycles. The number of anilines is 1. The van der Waals surface area contributed by atoms with Gasteiger partial charge < -0.3 is 10.6 Å². The quantitative estimate of drug-likeness (QED) is 0.782. The summed E-state index contributed by atoms with van der Waals surface area (Å²) in [7, 11) is 0. The average molecular weight is 253 g/mol. The summed E-state index contributed by atoms with van der Waals surface area (Å²) in [5.74, 6) is 0.729. The summed E-state index contributed by atoms with van der Waals surface area (Å²) in [5, 5.41) is 0.561. The van der Waals surface area contributed by atoms with Crippen molar-refractivity contribution >= 4 is 23.2 Å². The van der Waals surface area contributed by atoms with Gasteiger partial charge in [0.1, 0.15) is 0 Å². The molecule has 4 heteroatoms. The van der Waals surface area contributed by atoms with Gasteiger partial charge in [0.2, 0.25) is 0 Å². The molecule has 2 rings (SSSR count). The number of hydrogen-bond donors (Lipinski definition) is 1. The van der Waals surface area contributed by atoms with Gasteiger partial charge in [-0.25, -0.2) is 0 Å². The number of piperidine rings is 1. The van der Waals surface area contributed by atoms with E-state index in [2.05, 4.69) is 6.92 Å². The molecule has 0 atom stereocenters. The first-order chi connectivity index (χ1) is 8.08. The Morgan fingerprint density at radius 2 is 2.06 bits per heavy atom. The molecule has 17 heavy (non-hydrogen) atoms. The van der Waals surface area contributed by atoms with E-state index in [0.717, 1.165) is 25.9 Å².